The lowest BCUT2D eigenvalue weighted by atomic mass is 10.1. The third-order valence-corrected chi connectivity index (χ3v) is 4.09. The van der Waals surface area contributed by atoms with Crippen LogP contribution in [-0.4, -0.2) is 33.3 Å². The standard InChI is InChI=1S/C20H25N3O3/c1-13(18(24)21-20(2,3)4)26-19(25)17-12-16(14-10-11-14)22-23(17)15-8-6-5-7-9-15/h5-9,12-14H,10-11H2,1-4H3,(H,21,24). The Hall–Kier alpha value is -2.63. The lowest BCUT2D eigenvalue weighted by molar-refractivity contribution is -0.130. The number of rotatable bonds is 5. The van der Waals surface area contributed by atoms with Crippen molar-refractivity contribution in [3.8, 4) is 5.69 Å². The molecule has 1 atom stereocenters. The number of esters is 1. The Kier molecular flexibility index (Phi) is 4.85. The summed E-state index contributed by atoms with van der Waals surface area (Å²) in [6.45, 7) is 7.22. The average molecular weight is 355 g/mol. The van der Waals surface area contributed by atoms with Crippen molar-refractivity contribution < 1.29 is 14.3 Å². The summed E-state index contributed by atoms with van der Waals surface area (Å²) in [5.41, 5.74) is 1.64. The lowest BCUT2D eigenvalue weighted by Gasteiger charge is -2.23. The van der Waals surface area contributed by atoms with Crippen LogP contribution in [0.3, 0.4) is 0 Å². The van der Waals surface area contributed by atoms with E-state index in [0.29, 0.717) is 11.6 Å². The Labute approximate surface area is 153 Å². The van der Waals surface area contributed by atoms with Crippen LogP contribution >= 0.6 is 0 Å². The van der Waals surface area contributed by atoms with E-state index >= 15 is 0 Å². The summed E-state index contributed by atoms with van der Waals surface area (Å²) in [6, 6.07) is 11.2. The van der Waals surface area contributed by atoms with Gasteiger partial charge in [0.1, 0.15) is 0 Å². The first kappa shape index (κ1) is 18.2. The van der Waals surface area contributed by atoms with Gasteiger partial charge >= 0.3 is 5.97 Å². The molecule has 2 aromatic rings. The molecule has 1 saturated carbocycles. The second-order valence-corrected chi connectivity index (χ2v) is 7.76. The first-order chi connectivity index (χ1) is 12.2. The summed E-state index contributed by atoms with van der Waals surface area (Å²) < 4.78 is 7.01. The third-order valence-electron chi connectivity index (χ3n) is 4.09. The molecule has 1 heterocycles. The lowest BCUT2D eigenvalue weighted by Crippen LogP contribution is -2.46. The first-order valence-corrected chi connectivity index (χ1v) is 8.93. The molecule has 1 fully saturated rings. The van der Waals surface area contributed by atoms with Crippen LogP contribution in [0.4, 0.5) is 0 Å². The van der Waals surface area contributed by atoms with Gasteiger partial charge in [-0.2, -0.15) is 5.10 Å². The van der Waals surface area contributed by atoms with E-state index in [1.807, 2.05) is 51.1 Å². The molecule has 1 amide bonds. The molecule has 0 saturated heterocycles. The highest BCUT2D eigenvalue weighted by Crippen LogP contribution is 2.39. The van der Waals surface area contributed by atoms with Crippen LogP contribution in [0.5, 0.6) is 0 Å². The molecule has 1 N–H and O–H groups in total. The molecule has 138 valence electrons. The number of hydrogen-bond acceptors (Lipinski definition) is 4. The number of hydrogen-bond donors (Lipinski definition) is 1. The normalized spacial score (nSPS) is 15.4. The van der Waals surface area contributed by atoms with Gasteiger partial charge in [-0.05, 0) is 58.7 Å². The van der Waals surface area contributed by atoms with E-state index in [1.165, 1.54) is 0 Å². The van der Waals surface area contributed by atoms with Crippen molar-refractivity contribution in [3.05, 3.63) is 47.8 Å². The first-order valence-electron chi connectivity index (χ1n) is 8.93. The van der Waals surface area contributed by atoms with Gasteiger partial charge in [0.15, 0.2) is 11.8 Å². The SMILES string of the molecule is CC(OC(=O)c1cc(C2CC2)nn1-c1ccccc1)C(=O)NC(C)(C)C. The molecular formula is C20H25N3O3. The van der Waals surface area contributed by atoms with Crippen LogP contribution in [0.2, 0.25) is 0 Å². The minimum Gasteiger partial charge on any atom is -0.448 e. The molecule has 26 heavy (non-hydrogen) atoms. The monoisotopic (exact) mass is 355 g/mol. The van der Waals surface area contributed by atoms with E-state index in [4.69, 9.17) is 4.74 Å². The van der Waals surface area contributed by atoms with Crippen molar-refractivity contribution in [2.24, 2.45) is 0 Å². The van der Waals surface area contributed by atoms with Crippen molar-refractivity contribution in [2.75, 3.05) is 0 Å². The third kappa shape index (κ3) is 4.31. The average Bonchev–Trinajstić information content (AvgIpc) is 3.32. The van der Waals surface area contributed by atoms with Crippen LogP contribution in [0, 0.1) is 0 Å². The number of para-hydroxylation sites is 1. The zero-order chi connectivity index (χ0) is 18.9. The van der Waals surface area contributed by atoms with Crippen molar-refractivity contribution in [2.45, 2.75) is 58.1 Å². The molecule has 6 nitrogen and oxygen atoms in total. The largest absolute Gasteiger partial charge is 0.448 e. The Morgan fingerprint density at radius 1 is 1.23 bits per heavy atom. The fourth-order valence-corrected chi connectivity index (χ4v) is 2.64. The molecule has 3 rings (SSSR count). The summed E-state index contributed by atoms with van der Waals surface area (Å²) in [5, 5.41) is 7.41. The number of ether oxygens (including phenoxy) is 1. The highest BCUT2D eigenvalue weighted by atomic mass is 16.5. The van der Waals surface area contributed by atoms with Gasteiger partial charge in [-0.25, -0.2) is 9.48 Å². The fourth-order valence-electron chi connectivity index (χ4n) is 2.64. The highest BCUT2D eigenvalue weighted by Gasteiger charge is 2.30. The molecular weight excluding hydrogens is 330 g/mol. The van der Waals surface area contributed by atoms with Crippen LogP contribution in [-0.2, 0) is 9.53 Å². The molecule has 1 aliphatic carbocycles. The number of amides is 1. The van der Waals surface area contributed by atoms with Gasteiger partial charge in [0.05, 0.1) is 11.4 Å². The van der Waals surface area contributed by atoms with Crippen LogP contribution < -0.4 is 5.32 Å². The maximum atomic E-state index is 12.7. The van der Waals surface area contributed by atoms with E-state index in [9.17, 15) is 9.59 Å². The van der Waals surface area contributed by atoms with Crippen molar-refractivity contribution in [1.29, 1.82) is 0 Å². The van der Waals surface area contributed by atoms with Gasteiger partial charge in [-0.1, -0.05) is 18.2 Å². The smallest absolute Gasteiger partial charge is 0.357 e. The van der Waals surface area contributed by atoms with Crippen LogP contribution in [0.25, 0.3) is 5.69 Å². The minimum atomic E-state index is -0.884. The molecule has 1 aromatic carbocycles. The zero-order valence-electron chi connectivity index (χ0n) is 15.7. The Bertz CT molecular complexity index is 801. The second-order valence-electron chi connectivity index (χ2n) is 7.76. The van der Waals surface area contributed by atoms with Crippen molar-refractivity contribution in [1.82, 2.24) is 15.1 Å². The molecule has 1 unspecified atom stereocenters. The maximum absolute atomic E-state index is 12.7. The summed E-state index contributed by atoms with van der Waals surface area (Å²) >= 11 is 0. The number of carbonyl (C=O) groups is 2. The number of nitrogens with one attached hydrogen (secondary N) is 1. The van der Waals surface area contributed by atoms with Crippen molar-refractivity contribution >= 4 is 11.9 Å². The predicted octanol–water partition coefficient (Wildman–Crippen LogP) is 3.21. The Morgan fingerprint density at radius 2 is 1.88 bits per heavy atom. The number of aromatic nitrogens is 2. The summed E-state index contributed by atoms with van der Waals surface area (Å²) in [4.78, 5) is 24.9. The van der Waals surface area contributed by atoms with E-state index in [2.05, 4.69) is 10.4 Å². The quantitative estimate of drug-likeness (QED) is 0.836. The van der Waals surface area contributed by atoms with Gasteiger partial charge in [0, 0.05) is 11.5 Å². The highest BCUT2D eigenvalue weighted by molar-refractivity contribution is 5.91. The van der Waals surface area contributed by atoms with E-state index in [1.54, 1.807) is 17.7 Å². The molecule has 1 aromatic heterocycles. The molecule has 0 radical (unpaired) electrons. The van der Waals surface area contributed by atoms with Crippen LogP contribution in [0.1, 0.15) is 62.6 Å². The topological polar surface area (TPSA) is 73.2 Å². The molecule has 0 bridgehead atoms. The van der Waals surface area contributed by atoms with Gasteiger partial charge in [0.2, 0.25) is 0 Å². The summed E-state index contributed by atoms with van der Waals surface area (Å²) in [5.74, 6) is -0.461. The van der Waals surface area contributed by atoms with E-state index in [0.717, 1.165) is 24.2 Å². The fraction of sp³-hybridized carbons (Fsp3) is 0.450. The van der Waals surface area contributed by atoms with Gasteiger partial charge in [0.25, 0.3) is 5.91 Å². The van der Waals surface area contributed by atoms with E-state index in [-0.39, 0.29) is 11.4 Å². The Balaban J connectivity index is 1.81. The Morgan fingerprint density at radius 3 is 2.46 bits per heavy atom. The summed E-state index contributed by atoms with van der Waals surface area (Å²) in [7, 11) is 0. The maximum Gasteiger partial charge on any atom is 0.357 e. The second kappa shape index (κ2) is 6.94. The van der Waals surface area contributed by atoms with Crippen molar-refractivity contribution in [3.63, 3.8) is 0 Å². The molecule has 0 spiro atoms. The number of carbonyl (C=O) groups excluding carboxylic acids is 2. The predicted molar refractivity (Wildman–Crippen MR) is 98.3 cm³/mol. The van der Waals surface area contributed by atoms with Crippen LogP contribution in [0.15, 0.2) is 36.4 Å². The zero-order valence-corrected chi connectivity index (χ0v) is 15.7. The van der Waals surface area contributed by atoms with E-state index < -0.39 is 12.1 Å². The van der Waals surface area contributed by atoms with Gasteiger partial charge in [-0.15, -0.1) is 0 Å². The number of nitrogens with zero attached hydrogens (tertiary/aromatic N) is 2. The molecule has 1 aliphatic rings. The van der Waals surface area contributed by atoms with Gasteiger partial charge in [-0.3, -0.25) is 4.79 Å². The molecule has 0 aliphatic heterocycles. The summed E-state index contributed by atoms with van der Waals surface area (Å²) in [6.07, 6.45) is 1.29. The van der Waals surface area contributed by atoms with Gasteiger partial charge < -0.3 is 10.1 Å². The minimum absolute atomic E-state index is 0.320. The number of benzene rings is 1. The molecule has 6 heteroatoms.